The monoisotopic (exact) mass is 266 g/mol. The molecule has 0 aliphatic rings. The molecule has 1 unspecified atom stereocenters. The highest BCUT2D eigenvalue weighted by Gasteiger charge is 2.21. The van der Waals surface area contributed by atoms with E-state index < -0.39 is 0 Å². The number of hydrogen-bond donors (Lipinski definition) is 1. The lowest BCUT2D eigenvalue weighted by molar-refractivity contribution is 0.159. The van der Waals surface area contributed by atoms with Crippen molar-refractivity contribution in [2.24, 2.45) is 5.92 Å². The van der Waals surface area contributed by atoms with Gasteiger partial charge in [-0.3, -0.25) is 4.90 Å². The number of nitrogens with one attached hydrogen (secondary N) is 1. The predicted molar refractivity (Wildman–Crippen MR) is 81.3 cm³/mol. The first-order valence-electron chi connectivity index (χ1n) is 7.19. The van der Waals surface area contributed by atoms with Gasteiger partial charge in [-0.05, 0) is 52.8 Å². The molecule has 0 saturated carbocycles. The van der Waals surface area contributed by atoms with Crippen LogP contribution in [0.4, 0.5) is 0 Å². The van der Waals surface area contributed by atoms with Gasteiger partial charge < -0.3 is 9.73 Å². The van der Waals surface area contributed by atoms with E-state index in [1.165, 1.54) is 0 Å². The normalized spacial score (nSPS) is 14.4. The molecule has 1 atom stereocenters. The van der Waals surface area contributed by atoms with Crippen molar-refractivity contribution in [1.82, 2.24) is 10.2 Å². The van der Waals surface area contributed by atoms with Crippen LogP contribution in [0.1, 0.15) is 46.1 Å². The fraction of sp³-hybridized carbons (Fsp3) is 0.750. The van der Waals surface area contributed by atoms with Gasteiger partial charge in [0.15, 0.2) is 0 Å². The quantitative estimate of drug-likeness (QED) is 0.855. The Labute approximate surface area is 118 Å². The number of aryl methyl sites for hydroxylation is 1. The Morgan fingerprint density at radius 1 is 1.26 bits per heavy atom. The van der Waals surface area contributed by atoms with Gasteiger partial charge in [0, 0.05) is 18.1 Å². The zero-order valence-corrected chi connectivity index (χ0v) is 13.6. The summed E-state index contributed by atoms with van der Waals surface area (Å²) in [6, 6.07) is 4.60. The van der Waals surface area contributed by atoms with Crippen molar-refractivity contribution in [3.8, 4) is 0 Å². The van der Waals surface area contributed by atoms with Gasteiger partial charge in [0.25, 0.3) is 0 Å². The summed E-state index contributed by atoms with van der Waals surface area (Å²) in [6.45, 7) is 15.0. The fourth-order valence-corrected chi connectivity index (χ4v) is 2.24. The van der Waals surface area contributed by atoms with Crippen LogP contribution < -0.4 is 5.32 Å². The highest BCUT2D eigenvalue weighted by molar-refractivity contribution is 5.05. The van der Waals surface area contributed by atoms with Crippen LogP contribution in [0, 0.1) is 12.8 Å². The van der Waals surface area contributed by atoms with E-state index in [1.807, 2.05) is 13.0 Å². The SMILES string of the molecule is Cc1ccc(CN(C)C(CNC(C)(C)C)C(C)C)o1. The Kier molecular flexibility index (Phi) is 5.63. The zero-order chi connectivity index (χ0) is 14.6. The molecule has 0 saturated heterocycles. The minimum atomic E-state index is 0.162. The molecule has 1 N–H and O–H groups in total. The van der Waals surface area contributed by atoms with E-state index >= 15 is 0 Å². The summed E-state index contributed by atoms with van der Waals surface area (Å²) in [7, 11) is 2.17. The maximum absolute atomic E-state index is 5.67. The first-order valence-corrected chi connectivity index (χ1v) is 7.19. The lowest BCUT2D eigenvalue weighted by Gasteiger charge is -2.33. The smallest absolute Gasteiger partial charge is 0.118 e. The van der Waals surface area contributed by atoms with Crippen molar-refractivity contribution in [1.29, 1.82) is 0 Å². The molecule has 0 spiro atoms. The third kappa shape index (κ3) is 5.79. The first-order chi connectivity index (χ1) is 8.69. The van der Waals surface area contributed by atoms with Crippen molar-refractivity contribution in [3.05, 3.63) is 23.7 Å². The molecule has 1 aromatic rings. The number of likely N-dealkylation sites (N-methyl/N-ethyl adjacent to an activating group) is 1. The molecule has 0 radical (unpaired) electrons. The Bertz CT molecular complexity index is 376. The van der Waals surface area contributed by atoms with Crippen molar-refractivity contribution in [2.75, 3.05) is 13.6 Å². The van der Waals surface area contributed by atoms with Crippen LogP contribution in [-0.2, 0) is 6.54 Å². The Balaban J connectivity index is 2.60. The Morgan fingerprint density at radius 2 is 1.89 bits per heavy atom. The van der Waals surface area contributed by atoms with Gasteiger partial charge in [0.05, 0.1) is 6.54 Å². The molecule has 1 rings (SSSR count). The predicted octanol–water partition coefficient (Wildman–Crippen LogP) is 3.43. The molecule has 3 heteroatoms. The van der Waals surface area contributed by atoms with Gasteiger partial charge in [0.1, 0.15) is 11.5 Å². The number of rotatable bonds is 6. The second-order valence-corrected chi connectivity index (χ2v) is 6.87. The second kappa shape index (κ2) is 6.58. The molecule has 3 nitrogen and oxygen atoms in total. The van der Waals surface area contributed by atoms with Crippen LogP contribution >= 0.6 is 0 Å². The average molecular weight is 266 g/mol. The summed E-state index contributed by atoms with van der Waals surface area (Å²) >= 11 is 0. The largest absolute Gasteiger partial charge is 0.465 e. The van der Waals surface area contributed by atoms with Crippen molar-refractivity contribution >= 4 is 0 Å². The van der Waals surface area contributed by atoms with E-state index in [-0.39, 0.29) is 5.54 Å². The summed E-state index contributed by atoms with van der Waals surface area (Å²) in [6.07, 6.45) is 0. The molecule has 0 aliphatic heterocycles. The van der Waals surface area contributed by atoms with Gasteiger partial charge in [-0.25, -0.2) is 0 Å². The molecule has 0 fully saturated rings. The maximum atomic E-state index is 5.67. The third-order valence-corrected chi connectivity index (χ3v) is 3.38. The second-order valence-electron chi connectivity index (χ2n) is 6.87. The minimum Gasteiger partial charge on any atom is -0.465 e. The van der Waals surface area contributed by atoms with Gasteiger partial charge in [-0.1, -0.05) is 13.8 Å². The minimum absolute atomic E-state index is 0.162. The number of furan rings is 1. The first kappa shape index (κ1) is 16.3. The Morgan fingerprint density at radius 3 is 2.32 bits per heavy atom. The van der Waals surface area contributed by atoms with Crippen LogP contribution in [0.5, 0.6) is 0 Å². The van der Waals surface area contributed by atoms with E-state index in [1.54, 1.807) is 0 Å². The molecule has 0 aliphatic carbocycles. The average Bonchev–Trinajstić information content (AvgIpc) is 2.61. The summed E-state index contributed by atoms with van der Waals surface area (Å²) in [5, 5.41) is 3.60. The summed E-state index contributed by atoms with van der Waals surface area (Å²) < 4.78 is 5.67. The molecule has 0 amide bonds. The van der Waals surface area contributed by atoms with Crippen molar-refractivity contribution in [2.45, 2.75) is 59.7 Å². The van der Waals surface area contributed by atoms with E-state index in [4.69, 9.17) is 4.42 Å². The molecule has 19 heavy (non-hydrogen) atoms. The van der Waals surface area contributed by atoms with Crippen LogP contribution in [-0.4, -0.2) is 30.1 Å². The van der Waals surface area contributed by atoms with Crippen LogP contribution in [0.2, 0.25) is 0 Å². The van der Waals surface area contributed by atoms with E-state index in [0.717, 1.165) is 24.6 Å². The molecule has 1 heterocycles. The fourth-order valence-electron chi connectivity index (χ4n) is 2.24. The number of nitrogens with zero attached hydrogens (tertiary/aromatic N) is 1. The van der Waals surface area contributed by atoms with Gasteiger partial charge >= 0.3 is 0 Å². The topological polar surface area (TPSA) is 28.4 Å². The lowest BCUT2D eigenvalue weighted by atomic mass is 10.0. The summed E-state index contributed by atoms with van der Waals surface area (Å²) in [4.78, 5) is 2.38. The van der Waals surface area contributed by atoms with Crippen LogP contribution in [0.25, 0.3) is 0 Å². The third-order valence-electron chi connectivity index (χ3n) is 3.38. The van der Waals surface area contributed by atoms with E-state index in [0.29, 0.717) is 12.0 Å². The Hall–Kier alpha value is -0.800. The maximum Gasteiger partial charge on any atom is 0.118 e. The summed E-state index contributed by atoms with van der Waals surface area (Å²) in [5.41, 5.74) is 0.162. The van der Waals surface area contributed by atoms with E-state index in [9.17, 15) is 0 Å². The molecule has 1 aromatic heterocycles. The molecular weight excluding hydrogens is 236 g/mol. The lowest BCUT2D eigenvalue weighted by Crippen LogP contribution is -2.48. The van der Waals surface area contributed by atoms with Crippen molar-refractivity contribution < 1.29 is 4.42 Å². The molecular formula is C16H30N2O. The van der Waals surface area contributed by atoms with E-state index in [2.05, 4.69) is 57.9 Å². The highest BCUT2D eigenvalue weighted by Crippen LogP contribution is 2.15. The highest BCUT2D eigenvalue weighted by atomic mass is 16.3. The number of hydrogen-bond acceptors (Lipinski definition) is 3. The standard InChI is InChI=1S/C16H30N2O/c1-12(2)15(10-17-16(4,5)6)18(7)11-14-9-8-13(3)19-14/h8-9,12,15,17H,10-11H2,1-7H3. The van der Waals surface area contributed by atoms with Gasteiger partial charge in [-0.15, -0.1) is 0 Å². The molecule has 0 aromatic carbocycles. The van der Waals surface area contributed by atoms with Crippen LogP contribution in [0.3, 0.4) is 0 Å². The molecule has 0 bridgehead atoms. The molecule has 110 valence electrons. The summed E-state index contributed by atoms with van der Waals surface area (Å²) in [5.74, 6) is 2.63. The van der Waals surface area contributed by atoms with Crippen molar-refractivity contribution in [3.63, 3.8) is 0 Å². The van der Waals surface area contributed by atoms with Gasteiger partial charge in [-0.2, -0.15) is 0 Å². The van der Waals surface area contributed by atoms with Gasteiger partial charge in [0.2, 0.25) is 0 Å². The van der Waals surface area contributed by atoms with Crippen LogP contribution in [0.15, 0.2) is 16.5 Å². The zero-order valence-electron chi connectivity index (χ0n) is 13.6.